The molecule has 0 bridgehead atoms. The number of nitrogens with zero attached hydrogens (tertiary/aromatic N) is 2. The van der Waals surface area contributed by atoms with Crippen LogP contribution >= 0.6 is 11.6 Å². The summed E-state index contributed by atoms with van der Waals surface area (Å²) in [4.78, 5) is 4.40. The number of nitrogens with two attached hydrogens (primary N) is 1. The molecule has 0 atom stereocenters. The molecular weight excluding hydrogens is 272 g/mol. The third-order valence-electron chi connectivity index (χ3n) is 3.00. The maximum Gasteiger partial charge on any atom is 0.126 e. The molecule has 0 spiro atoms. The zero-order valence-corrected chi connectivity index (χ0v) is 13.5. The first-order chi connectivity index (χ1) is 9.32. The maximum atomic E-state index is 7.77. The average molecular weight is 297 g/mol. The Morgan fingerprint density at radius 1 is 1.30 bits per heavy atom. The second-order valence-corrected chi connectivity index (χ2v) is 6.10. The molecule has 3 N–H and O–H groups in total. The van der Waals surface area contributed by atoms with Crippen LogP contribution < -0.4 is 10.6 Å². The number of likely N-dealkylation sites (N-methyl/N-ethyl adjacent to an activating group) is 1. The average Bonchev–Trinajstić information content (AvgIpc) is 2.33. The molecule has 0 aliphatic heterocycles. The van der Waals surface area contributed by atoms with Crippen molar-refractivity contribution < 1.29 is 0 Å². The highest BCUT2D eigenvalue weighted by molar-refractivity contribution is 6.34. The predicted octanol–water partition coefficient (Wildman–Crippen LogP) is 2.65. The van der Waals surface area contributed by atoms with E-state index in [1.807, 2.05) is 12.1 Å². The van der Waals surface area contributed by atoms with Crippen molar-refractivity contribution >= 4 is 23.1 Å². The summed E-state index contributed by atoms with van der Waals surface area (Å²) >= 11 is 6.21. The molecule has 0 unspecified atom stereocenters. The van der Waals surface area contributed by atoms with E-state index in [0.29, 0.717) is 16.5 Å². The molecule has 20 heavy (non-hydrogen) atoms. The number of halogens is 1. The van der Waals surface area contributed by atoms with E-state index in [0.717, 1.165) is 25.3 Å². The SMILES string of the molecule is CC(C)CN(CCN(C)C)c1cccc(Cl)c1C(=N)N. The third kappa shape index (κ3) is 4.69. The number of nitrogens with one attached hydrogen (secondary N) is 1. The van der Waals surface area contributed by atoms with E-state index in [9.17, 15) is 0 Å². The van der Waals surface area contributed by atoms with Crippen LogP contribution in [-0.2, 0) is 0 Å². The Bertz CT molecular complexity index is 457. The molecule has 0 aliphatic rings. The van der Waals surface area contributed by atoms with Crippen molar-refractivity contribution in [1.29, 1.82) is 5.41 Å². The Balaban J connectivity index is 3.12. The van der Waals surface area contributed by atoms with Gasteiger partial charge in [-0.25, -0.2) is 0 Å². The standard InChI is InChI=1S/C15H25ClN4/c1-11(2)10-20(9-8-19(3)4)13-7-5-6-12(16)14(13)15(17)18/h5-7,11H,8-10H2,1-4H3,(H3,17,18). The van der Waals surface area contributed by atoms with Crippen molar-refractivity contribution in [2.24, 2.45) is 11.7 Å². The molecule has 5 heteroatoms. The second kappa shape index (κ2) is 7.50. The summed E-state index contributed by atoms with van der Waals surface area (Å²) in [6.45, 7) is 7.10. The number of hydrogen-bond acceptors (Lipinski definition) is 3. The van der Waals surface area contributed by atoms with Crippen LogP contribution in [-0.4, -0.2) is 44.5 Å². The van der Waals surface area contributed by atoms with Gasteiger partial charge in [-0.3, -0.25) is 5.41 Å². The zero-order valence-electron chi connectivity index (χ0n) is 12.8. The topological polar surface area (TPSA) is 56.4 Å². The Hall–Kier alpha value is -1.26. The summed E-state index contributed by atoms with van der Waals surface area (Å²) in [5.74, 6) is 0.542. The van der Waals surface area contributed by atoms with E-state index < -0.39 is 0 Å². The van der Waals surface area contributed by atoms with Crippen LogP contribution in [0.5, 0.6) is 0 Å². The lowest BCUT2D eigenvalue weighted by Gasteiger charge is -2.30. The van der Waals surface area contributed by atoms with Gasteiger partial charge in [-0.2, -0.15) is 0 Å². The van der Waals surface area contributed by atoms with Gasteiger partial charge in [0.1, 0.15) is 5.84 Å². The van der Waals surface area contributed by atoms with Crippen LogP contribution in [0.2, 0.25) is 5.02 Å². The molecule has 1 aromatic carbocycles. The van der Waals surface area contributed by atoms with Crippen LogP contribution in [0.25, 0.3) is 0 Å². The summed E-state index contributed by atoms with van der Waals surface area (Å²) in [7, 11) is 4.11. The number of anilines is 1. The molecule has 1 aromatic rings. The summed E-state index contributed by atoms with van der Waals surface area (Å²) in [6, 6.07) is 5.68. The summed E-state index contributed by atoms with van der Waals surface area (Å²) in [6.07, 6.45) is 0. The van der Waals surface area contributed by atoms with Crippen LogP contribution in [0.3, 0.4) is 0 Å². The van der Waals surface area contributed by atoms with Crippen LogP contribution in [0.4, 0.5) is 5.69 Å². The fourth-order valence-corrected chi connectivity index (χ4v) is 2.39. The molecule has 0 aliphatic carbocycles. The minimum atomic E-state index is 0.0178. The van der Waals surface area contributed by atoms with E-state index >= 15 is 0 Å². The number of rotatable bonds is 7. The monoisotopic (exact) mass is 296 g/mol. The van der Waals surface area contributed by atoms with Gasteiger partial charge in [-0.15, -0.1) is 0 Å². The van der Waals surface area contributed by atoms with Crippen LogP contribution in [0.15, 0.2) is 18.2 Å². The molecule has 0 fully saturated rings. The van der Waals surface area contributed by atoms with Crippen molar-refractivity contribution in [1.82, 2.24) is 4.90 Å². The van der Waals surface area contributed by atoms with E-state index in [1.165, 1.54) is 0 Å². The first-order valence-electron chi connectivity index (χ1n) is 6.85. The number of benzene rings is 1. The normalized spacial score (nSPS) is 11.2. The first kappa shape index (κ1) is 16.8. The number of hydrogen-bond donors (Lipinski definition) is 2. The van der Waals surface area contributed by atoms with Gasteiger partial charge < -0.3 is 15.5 Å². The van der Waals surface area contributed by atoms with Crippen molar-refractivity contribution in [2.45, 2.75) is 13.8 Å². The lowest BCUT2D eigenvalue weighted by molar-refractivity contribution is 0.409. The smallest absolute Gasteiger partial charge is 0.126 e. The summed E-state index contributed by atoms with van der Waals surface area (Å²) in [5, 5.41) is 8.30. The third-order valence-corrected chi connectivity index (χ3v) is 3.32. The number of amidine groups is 1. The quantitative estimate of drug-likeness (QED) is 0.601. The molecule has 1 rings (SSSR count). The molecular formula is C15H25ClN4. The largest absolute Gasteiger partial charge is 0.384 e. The minimum Gasteiger partial charge on any atom is -0.384 e. The van der Waals surface area contributed by atoms with E-state index in [2.05, 4.69) is 37.7 Å². The molecule has 0 radical (unpaired) electrons. The van der Waals surface area contributed by atoms with Crippen molar-refractivity contribution in [3.63, 3.8) is 0 Å². The lowest BCUT2D eigenvalue weighted by atomic mass is 10.1. The molecule has 0 heterocycles. The van der Waals surface area contributed by atoms with Gasteiger partial charge in [0.15, 0.2) is 0 Å². The second-order valence-electron chi connectivity index (χ2n) is 5.69. The lowest BCUT2D eigenvalue weighted by Crippen LogP contribution is -2.35. The highest BCUT2D eigenvalue weighted by Gasteiger charge is 2.17. The van der Waals surface area contributed by atoms with E-state index in [1.54, 1.807) is 6.07 Å². The van der Waals surface area contributed by atoms with Crippen molar-refractivity contribution in [2.75, 3.05) is 38.6 Å². The van der Waals surface area contributed by atoms with Gasteiger partial charge in [0.2, 0.25) is 0 Å². The Kier molecular flexibility index (Phi) is 6.30. The van der Waals surface area contributed by atoms with Gasteiger partial charge in [-0.1, -0.05) is 31.5 Å². The van der Waals surface area contributed by atoms with Crippen LogP contribution in [0, 0.1) is 11.3 Å². The van der Waals surface area contributed by atoms with Gasteiger partial charge in [0.05, 0.1) is 10.6 Å². The first-order valence-corrected chi connectivity index (χ1v) is 7.23. The van der Waals surface area contributed by atoms with Gasteiger partial charge in [-0.05, 0) is 32.1 Å². The molecule has 0 aromatic heterocycles. The highest BCUT2D eigenvalue weighted by atomic mass is 35.5. The zero-order chi connectivity index (χ0) is 15.3. The van der Waals surface area contributed by atoms with E-state index in [4.69, 9.17) is 22.7 Å². The molecule has 0 saturated heterocycles. The molecule has 112 valence electrons. The van der Waals surface area contributed by atoms with Gasteiger partial charge in [0.25, 0.3) is 0 Å². The van der Waals surface area contributed by atoms with Crippen molar-refractivity contribution in [3.8, 4) is 0 Å². The molecule has 0 amide bonds. The molecule has 0 saturated carbocycles. The summed E-state index contributed by atoms with van der Waals surface area (Å²) < 4.78 is 0. The Morgan fingerprint density at radius 3 is 2.45 bits per heavy atom. The molecule has 4 nitrogen and oxygen atoms in total. The van der Waals surface area contributed by atoms with Gasteiger partial charge >= 0.3 is 0 Å². The fourth-order valence-electron chi connectivity index (χ4n) is 2.11. The van der Waals surface area contributed by atoms with Gasteiger partial charge in [0, 0.05) is 25.3 Å². The summed E-state index contributed by atoms with van der Waals surface area (Å²) in [5.41, 5.74) is 7.28. The van der Waals surface area contributed by atoms with Crippen LogP contribution in [0.1, 0.15) is 19.4 Å². The maximum absolute atomic E-state index is 7.77. The fraction of sp³-hybridized carbons (Fsp3) is 0.533. The highest BCUT2D eigenvalue weighted by Crippen LogP contribution is 2.27. The Labute approximate surface area is 127 Å². The Morgan fingerprint density at radius 2 is 1.95 bits per heavy atom. The number of nitrogen functional groups attached to an aromatic ring is 1. The van der Waals surface area contributed by atoms with Crippen molar-refractivity contribution in [3.05, 3.63) is 28.8 Å². The van der Waals surface area contributed by atoms with E-state index in [-0.39, 0.29) is 5.84 Å². The predicted molar refractivity (Wildman–Crippen MR) is 88.1 cm³/mol. The minimum absolute atomic E-state index is 0.0178.